The number of nitrogens with zero attached hydrogens (tertiary/aromatic N) is 3. The van der Waals surface area contributed by atoms with E-state index in [-0.39, 0.29) is 23.7 Å². The average molecular weight is 508 g/mol. The largest absolute Gasteiger partial charge is 0.472 e. The Hall–Kier alpha value is -2.90. The Morgan fingerprint density at radius 1 is 0.972 bits per heavy atom. The van der Waals surface area contributed by atoms with Gasteiger partial charge in [0.05, 0.1) is 12.1 Å². The van der Waals surface area contributed by atoms with Crippen molar-refractivity contribution in [2.24, 2.45) is 5.92 Å². The molecule has 3 heterocycles. The van der Waals surface area contributed by atoms with Crippen LogP contribution in [0, 0.1) is 17.6 Å². The van der Waals surface area contributed by atoms with Crippen LogP contribution in [0.3, 0.4) is 0 Å². The quantitative estimate of drug-likeness (QED) is 0.402. The lowest BCUT2D eigenvalue weighted by molar-refractivity contribution is 0.122. The van der Waals surface area contributed by atoms with E-state index in [9.17, 15) is 8.78 Å². The number of likely N-dealkylation sites (tertiary alicyclic amines) is 1. The van der Waals surface area contributed by atoms with Crippen molar-refractivity contribution in [2.75, 3.05) is 33.2 Å². The van der Waals surface area contributed by atoms with Gasteiger partial charge in [0.25, 0.3) is 0 Å². The van der Waals surface area contributed by atoms with Crippen LogP contribution >= 0.6 is 12.2 Å². The molecule has 1 atom stereocenters. The molecule has 1 saturated heterocycles. The van der Waals surface area contributed by atoms with E-state index in [4.69, 9.17) is 17.0 Å². The zero-order valence-corrected chi connectivity index (χ0v) is 21.3. The van der Waals surface area contributed by atoms with Crippen LogP contribution in [0.1, 0.15) is 41.9 Å². The molecule has 4 nitrogen and oxygen atoms in total. The lowest BCUT2D eigenvalue weighted by Gasteiger charge is -2.37. The van der Waals surface area contributed by atoms with Crippen LogP contribution in [0.15, 0.2) is 66.9 Å². The van der Waals surface area contributed by atoms with E-state index < -0.39 is 0 Å². The van der Waals surface area contributed by atoms with Gasteiger partial charge in [0.2, 0.25) is 5.88 Å². The monoisotopic (exact) mass is 507 g/mol. The van der Waals surface area contributed by atoms with Crippen molar-refractivity contribution in [3.63, 3.8) is 0 Å². The summed E-state index contributed by atoms with van der Waals surface area (Å²) in [5, 5.41) is 0. The van der Waals surface area contributed by atoms with E-state index >= 15 is 0 Å². The predicted octanol–water partition coefficient (Wildman–Crippen LogP) is 5.66. The van der Waals surface area contributed by atoms with Gasteiger partial charge in [0.15, 0.2) is 0 Å². The number of hydrogen-bond acceptors (Lipinski definition) is 4. The third-order valence-corrected chi connectivity index (χ3v) is 7.96. The van der Waals surface area contributed by atoms with Crippen molar-refractivity contribution < 1.29 is 13.5 Å². The van der Waals surface area contributed by atoms with Crippen LogP contribution < -0.4 is 4.74 Å². The lowest BCUT2D eigenvalue weighted by Crippen LogP contribution is -2.40. The Morgan fingerprint density at radius 2 is 1.58 bits per heavy atom. The van der Waals surface area contributed by atoms with Crippen molar-refractivity contribution in [3.8, 4) is 5.88 Å². The highest BCUT2D eigenvalue weighted by Crippen LogP contribution is 2.38. The van der Waals surface area contributed by atoms with Crippen molar-refractivity contribution in [1.82, 2.24) is 14.8 Å². The number of ether oxygens (including phenoxy) is 1. The van der Waals surface area contributed by atoms with E-state index in [0.717, 1.165) is 67.1 Å². The first-order valence-corrected chi connectivity index (χ1v) is 13.0. The summed E-state index contributed by atoms with van der Waals surface area (Å²) >= 11 is 5.62. The molecule has 2 aliphatic rings. The van der Waals surface area contributed by atoms with E-state index in [2.05, 4.69) is 14.8 Å². The molecular formula is C29H31F2N3OS. The minimum atomic E-state index is -0.239. The van der Waals surface area contributed by atoms with Crippen LogP contribution in [0.5, 0.6) is 5.88 Å². The zero-order chi connectivity index (χ0) is 25.1. The minimum Gasteiger partial charge on any atom is -0.472 e. The zero-order valence-electron chi connectivity index (χ0n) is 20.4. The molecule has 1 fully saturated rings. The second-order valence-electron chi connectivity index (χ2n) is 9.83. The SMILES string of the molecule is CN1CC(CCN2CCC(C(c3ccc(F)cc3)c3ccc(F)cc3)CC2)Oc2ncccc2C1=S. The van der Waals surface area contributed by atoms with Crippen LogP contribution in [0.2, 0.25) is 0 Å². The summed E-state index contributed by atoms with van der Waals surface area (Å²) in [7, 11) is 2.01. The maximum Gasteiger partial charge on any atom is 0.224 e. The third kappa shape index (κ3) is 5.57. The first kappa shape index (κ1) is 24.8. The number of rotatable bonds is 6. The molecular weight excluding hydrogens is 476 g/mol. The lowest BCUT2D eigenvalue weighted by atomic mass is 9.76. The molecule has 0 amide bonds. The number of aromatic nitrogens is 1. The maximum absolute atomic E-state index is 13.6. The molecule has 0 spiro atoms. The van der Waals surface area contributed by atoms with Gasteiger partial charge in [-0.05, 0) is 85.8 Å². The molecule has 2 aromatic carbocycles. The molecule has 1 unspecified atom stereocenters. The molecule has 0 radical (unpaired) electrons. The first-order valence-electron chi connectivity index (χ1n) is 12.6. The highest BCUT2D eigenvalue weighted by Gasteiger charge is 2.30. The Morgan fingerprint density at radius 3 is 2.19 bits per heavy atom. The minimum absolute atomic E-state index is 0.0213. The number of likely N-dealkylation sites (N-methyl/N-ethyl adjacent to an activating group) is 1. The Bertz CT molecular complexity index is 1130. The van der Waals surface area contributed by atoms with Gasteiger partial charge in [-0.25, -0.2) is 13.8 Å². The summed E-state index contributed by atoms with van der Waals surface area (Å²) in [5.74, 6) is 0.673. The van der Waals surface area contributed by atoms with Gasteiger partial charge < -0.3 is 14.5 Å². The topological polar surface area (TPSA) is 28.6 Å². The van der Waals surface area contributed by atoms with E-state index in [0.29, 0.717) is 11.8 Å². The third-order valence-electron chi connectivity index (χ3n) is 7.43. The Labute approximate surface area is 216 Å². The summed E-state index contributed by atoms with van der Waals surface area (Å²) in [6, 6.07) is 17.4. The predicted molar refractivity (Wildman–Crippen MR) is 141 cm³/mol. The van der Waals surface area contributed by atoms with Gasteiger partial charge in [-0.3, -0.25) is 0 Å². The fraction of sp³-hybridized carbons (Fsp3) is 0.379. The summed E-state index contributed by atoms with van der Waals surface area (Å²) in [4.78, 5) is 9.76. The number of fused-ring (bicyclic) bond motifs is 1. The van der Waals surface area contributed by atoms with Gasteiger partial charge in [0.1, 0.15) is 22.7 Å². The molecule has 2 aliphatic heterocycles. The molecule has 0 bridgehead atoms. The van der Waals surface area contributed by atoms with Gasteiger partial charge >= 0.3 is 0 Å². The second-order valence-corrected chi connectivity index (χ2v) is 10.2. The number of halogens is 2. The van der Waals surface area contributed by atoms with Crippen molar-refractivity contribution in [3.05, 3.63) is 95.2 Å². The van der Waals surface area contributed by atoms with Crippen LogP contribution in [0.4, 0.5) is 8.78 Å². The second kappa shape index (κ2) is 11.0. The molecule has 3 aromatic rings. The maximum atomic E-state index is 13.6. The Kier molecular flexibility index (Phi) is 7.58. The van der Waals surface area contributed by atoms with Gasteiger partial charge in [-0.15, -0.1) is 0 Å². The standard InChI is InChI=1S/C29H31F2N3OS/c1-33-19-25(35-28-26(29(33)36)3-2-15-32-28)14-18-34-16-12-22(13-17-34)27(20-4-8-23(30)9-5-20)21-6-10-24(31)11-7-21/h2-11,15,22,25,27H,12-14,16-19H2,1H3. The van der Waals surface area contributed by atoms with E-state index in [1.807, 2.05) is 43.4 Å². The molecule has 0 saturated carbocycles. The highest BCUT2D eigenvalue weighted by atomic mass is 32.1. The Balaban J connectivity index is 1.22. The van der Waals surface area contributed by atoms with Crippen molar-refractivity contribution in [1.29, 1.82) is 0 Å². The van der Waals surface area contributed by atoms with E-state index in [1.54, 1.807) is 6.20 Å². The van der Waals surface area contributed by atoms with Crippen molar-refractivity contribution >= 4 is 17.2 Å². The number of piperidine rings is 1. The molecule has 188 valence electrons. The summed E-state index contributed by atoms with van der Waals surface area (Å²) < 4.78 is 33.5. The van der Waals surface area contributed by atoms with Gasteiger partial charge in [0, 0.05) is 25.7 Å². The molecule has 36 heavy (non-hydrogen) atoms. The van der Waals surface area contributed by atoms with Crippen molar-refractivity contribution in [2.45, 2.75) is 31.3 Å². The average Bonchev–Trinajstić information content (AvgIpc) is 3.02. The van der Waals surface area contributed by atoms with Gasteiger partial charge in [-0.2, -0.15) is 0 Å². The number of thiocarbonyl (C=S) groups is 1. The first-order chi connectivity index (χ1) is 17.5. The molecule has 0 aliphatic carbocycles. The van der Waals surface area contributed by atoms with Crippen LogP contribution in [-0.4, -0.2) is 59.1 Å². The summed E-state index contributed by atoms with van der Waals surface area (Å²) in [6.07, 6.45) is 4.71. The smallest absolute Gasteiger partial charge is 0.224 e. The molecule has 0 N–H and O–H groups in total. The summed E-state index contributed by atoms with van der Waals surface area (Å²) in [5.41, 5.74) is 3.04. The van der Waals surface area contributed by atoms with Crippen LogP contribution in [0.25, 0.3) is 0 Å². The number of benzene rings is 2. The number of hydrogen-bond donors (Lipinski definition) is 0. The van der Waals surface area contributed by atoms with Crippen LogP contribution in [-0.2, 0) is 0 Å². The number of pyridine rings is 1. The molecule has 1 aromatic heterocycles. The fourth-order valence-corrected chi connectivity index (χ4v) is 5.73. The normalized spacial score (nSPS) is 19.2. The molecule has 5 rings (SSSR count). The van der Waals surface area contributed by atoms with E-state index in [1.165, 1.54) is 24.3 Å². The fourth-order valence-electron chi connectivity index (χ4n) is 5.50. The van der Waals surface area contributed by atoms with Gasteiger partial charge in [-0.1, -0.05) is 36.5 Å². The highest BCUT2D eigenvalue weighted by molar-refractivity contribution is 7.80. The summed E-state index contributed by atoms with van der Waals surface area (Å²) in [6.45, 7) is 3.65. The molecule has 7 heteroatoms.